The summed E-state index contributed by atoms with van der Waals surface area (Å²) in [5.41, 5.74) is -0.116. The summed E-state index contributed by atoms with van der Waals surface area (Å²) >= 11 is 0. The fourth-order valence-corrected chi connectivity index (χ4v) is 0.589. The molecule has 0 aromatic rings. The van der Waals surface area contributed by atoms with Crippen molar-refractivity contribution in [3.63, 3.8) is 0 Å². The Morgan fingerprint density at radius 3 is 2.38 bits per heavy atom. The van der Waals surface area contributed by atoms with Gasteiger partial charge >= 0.3 is 0 Å². The number of carbonyl (C=O) groups is 1. The van der Waals surface area contributed by atoms with E-state index in [4.69, 9.17) is 6.42 Å². The lowest BCUT2D eigenvalue weighted by Gasteiger charge is -1.95. The zero-order valence-electron chi connectivity index (χ0n) is 4.90. The molecule has 1 saturated carbocycles. The van der Waals surface area contributed by atoms with Gasteiger partial charge in [0.05, 0.1) is 0 Å². The first-order valence-corrected chi connectivity index (χ1v) is 2.70. The molecule has 0 bridgehead atoms. The molecule has 1 heteroatoms. The van der Waals surface area contributed by atoms with E-state index in [1.165, 1.54) is 0 Å². The van der Waals surface area contributed by atoms with Crippen molar-refractivity contribution in [1.82, 2.24) is 0 Å². The maximum Gasteiger partial charge on any atom is 0.211 e. The zero-order chi connectivity index (χ0) is 6.20. The second-order valence-corrected chi connectivity index (χ2v) is 2.53. The van der Waals surface area contributed by atoms with Gasteiger partial charge in [0, 0.05) is 5.41 Å². The molecule has 1 rings (SSSR count). The molecule has 0 aromatic heterocycles. The third kappa shape index (κ3) is 0.626. The minimum Gasteiger partial charge on any atom is -0.284 e. The molecule has 0 aromatic carbocycles. The molecule has 1 fully saturated rings. The maximum absolute atomic E-state index is 10.7. The van der Waals surface area contributed by atoms with Gasteiger partial charge in [0.25, 0.3) is 0 Å². The highest BCUT2D eigenvalue weighted by molar-refractivity contribution is 6.01. The molecule has 0 spiro atoms. The van der Waals surface area contributed by atoms with Crippen molar-refractivity contribution in [2.45, 2.75) is 19.8 Å². The highest BCUT2D eigenvalue weighted by Gasteiger charge is 2.43. The minimum absolute atomic E-state index is 0.0301. The summed E-state index contributed by atoms with van der Waals surface area (Å²) in [6, 6.07) is 0. The van der Waals surface area contributed by atoms with Gasteiger partial charge in [-0.2, -0.15) is 0 Å². The van der Waals surface area contributed by atoms with Crippen LogP contribution in [0.4, 0.5) is 0 Å². The van der Waals surface area contributed by atoms with E-state index in [1.807, 2.05) is 6.92 Å². The molecular formula is C7H8O. The average molecular weight is 108 g/mol. The number of rotatable bonds is 1. The third-order valence-corrected chi connectivity index (χ3v) is 1.68. The van der Waals surface area contributed by atoms with E-state index in [0.29, 0.717) is 0 Å². The van der Waals surface area contributed by atoms with Crippen LogP contribution in [0.5, 0.6) is 0 Å². The number of ketones is 1. The van der Waals surface area contributed by atoms with E-state index in [-0.39, 0.29) is 11.2 Å². The highest BCUT2D eigenvalue weighted by atomic mass is 16.1. The molecule has 0 unspecified atom stereocenters. The van der Waals surface area contributed by atoms with E-state index in [0.717, 1.165) is 12.8 Å². The Morgan fingerprint density at radius 2 is 2.25 bits per heavy atom. The summed E-state index contributed by atoms with van der Waals surface area (Å²) in [6.45, 7) is 1.91. The smallest absolute Gasteiger partial charge is 0.211 e. The lowest BCUT2D eigenvalue weighted by Crippen LogP contribution is -2.07. The fourth-order valence-electron chi connectivity index (χ4n) is 0.589. The van der Waals surface area contributed by atoms with E-state index in [9.17, 15) is 4.79 Å². The molecule has 0 radical (unpaired) electrons. The van der Waals surface area contributed by atoms with Crippen molar-refractivity contribution >= 4 is 5.78 Å². The molecule has 1 nitrogen and oxygen atoms in total. The van der Waals surface area contributed by atoms with Crippen molar-refractivity contribution in [2.75, 3.05) is 0 Å². The molecule has 0 amide bonds. The van der Waals surface area contributed by atoms with Crippen LogP contribution in [0.1, 0.15) is 19.8 Å². The summed E-state index contributed by atoms with van der Waals surface area (Å²) < 4.78 is 0. The molecule has 8 heavy (non-hydrogen) atoms. The maximum atomic E-state index is 10.7. The molecule has 0 aliphatic heterocycles. The van der Waals surface area contributed by atoms with Gasteiger partial charge in [0.2, 0.25) is 5.78 Å². The Kier molecular flexibility index (Phi) is 0.907. The summed E-state index contributed by atoms with van der Waals surface area (Å²) in [5, 5.41) is 0. The number of hydrogen-bond donors (Lipinski definition) is 0. The summed E-state index contributed by atoms with van der Waals surface area (Å²) in [7, 11) is 0. The van der Waals surface area contributed by atoms with Gasteiger partial charge in [-0.3, -0.25) is 4.79 Å². The van der Waals surface area contributed by atoms with Crippen molar-refractivity contribution in [2.24, 2.45) is 5.41 Å². The zero-order valence-corrected chi connectivity index (χ0v) is 4.90. The standard InChI is InChI=1S/C7H8O/c1-3-6(8)7(2)4-5-7/h1H,4-5H2,2H3. The first kappa shape index (κ1) is 5.37. The monoisotopic (exact) mass is 108 g/mol. The first-order chi connectivity index (χ1) is 3.69. The lowest BCUT2D eigenvalue weighted by atomic mass is 10.1. The second-order valence-electron chi connectivity index (χ2n) is 2.53. The second kappa shape index (κ2) is 1.35. The van der Waals surface area contributed by atoms with Gasteiger partial charge in [-0.15, -0.1) is 6.42 Å². The number of terminal acetylenes is 1. The molecule has 0 heterocycles. The van der Waals surface area contributed by atoms with Crippen molar-refractivity contribution < 1.29 is 4.79 Å². The van der Waals surface area contributed by atoms with Crippen LogP contribution in [0.3, 0.4) is 0 Å². The predicted molar refractivity (Wildman–Crippen MR) is 31.2 cm³/mol. The van der Waals surface area contributed by atoms with Crippen LogP contribution in [-0.4, -0.2) is 5.78 Å². The lowest BCUT2D eigenvalue weighted by molar-refractivity contribution is -0.117. The van der Waals surface area contributed by atoms with E-state index in [2.05, 4.69) is 5.92 Å². The molecule has 0 atom stereocenters. The summed E-state index contributed by atoms with van der Waals surface area (Å²) in [4.78, 5) is 10.7. The number of hydrogen-bond acceptors (Lipinski definition) is 1. The highest BCUT2D eigenvalue weighted by Crippen LogP contribution is 2.45. The number of carbonyl (C=O) groups excluding carboxylic acids is 1. The summed E-state index contributed by atoms with van der Waals surface area (Å²) in [6.07, 6.45) is 6.86. The molecule has 1 aliphatic rings. The van der Waals surface area contributed by atoms with E-state index in [1.54, 1.807) is 0 Å². The van der Waals surface area contributed by atoms with Gasteiger partial charge in [0.15, 0.2) is 0 Å². The van der Waals surface area contributed by atoms with Crippen LogP contribution < -0.4 is 0 Å². The Labute approximate surface area is 49.1 Å². The first-order valence-electron chi connectivity index (χ1n) is 2.70. The molecule has 42 valence electrons. The van der Waals surface area contributed by atoms with E-state index >= 15 is 0 Å². The van der Waals surface area contributed by atoms with Gasteiger partial charge < -0.3 is 0 Å². The topological polar surface area (TPSA) is 17.1 Å². The third-order valence-electron chi connectivity index (χ3n) is 1.68. The Balaban J connectivity index is 2.63. The molecule has 0 N–H and O–H groups in total. The largest absolute Gasteiger partial charge is 0.284 e. The average Bonchev–Trinajstić information content (AvgIpc) is 2.47. The SMILES string of the molecule is C#CC(=O)C1(C)CC1. The van der Waals surface area contributed by atoms with Crippen molar-refractivity contribution in [3.05, 3.63) is 0 Å². The Bertz CT molecular complexity index is 158. The molecule has 1 aliphatic carbocycles. The van der Waals surface area contributed by atoms with Gasteiger partial charge in [0.1, 0.15) is 0 Å². The van der Waals surface area contributed by atoms with Crippen LogP contribution in [0.2, 0.25) is 0 Å². The Morgan fingerprint density at radius 1 is 1.75 bits per heavy atom. The van der Waals surface area contributed by atoms with Crippen LogP contribution in [0.25, 0.3) is 0 Å². The summed E-state index contributed by atoms with van der Waals surface area (Å²) in [5.74, 6) is 2.10. The van der Waals surface area contributed by atoms with Crippen molar-refractivity contribution in [3.8, 4) is 12.3 Å². The normalized spacial score (nSPS) is 21.5. The van der Waals surface area contributed by atoms with E-state index < -0.39 is 0 Å². The quantitative estimate of drug-likeness (QED) is 0.361. The van der Waals surface area contributed by atoms with Crippen LogP contribution in [0, 0.1) is 17.8 Å². The van der Waals surface area contributed by atoms with Crippen LogP contribution >= 0.6 is 0 Å². The number of Topliss-reactive ketones (excluding diaryl/α,β-unsaturated/α-hetero) is 1. The van der Waals surface area contributed by atoms with Crippen molar-refractivity contribution in [1.29, 1.82) is 0 Å². The van der Waals surface area contributed by atoms with Crippen LogP contribution in [0.15, 0.2) is 0 Å². The molecular weight excluding hydrogens is 100 g/mol. The van der Waals surface area contributed by atoms with Crippen LogP contribution in [-0.2, 0) is 4.79 Å². The fraction of sp³-hybridized carbons (Fsp3) is 0.571. The van der Waals surface area contributed by atoms with Gasteiger partial charge in [-0.05, 0) is 18.8 Å². The minimum atomic E-state index is -0.116. The molecule has 0 saturated heterocycles. The Hall–Kier alpha value is -0.770. The predicted octanol–water partition coefficient (Wildman–Crippen LogP) is 0.989. The van der Waals surface area contributed by atoms with Gasteiger partial charge in [-0.25, -0.2) is 0 Å². The van der Waals surface area contributed by atoms with Gasteiger partial charge in [-0.1, -0.05) is 6.92 Å².